The van der Waals surface area contributed by atoms with Gasteiger partial charge < -0.3 is 9.84 Å². The molecule has 0 spiro atoms. The standard InChI is InChI=1S/C10H15NO2/c1-3-8(2)13-10-6-9(7-12)4-5-11-10/h4-6,8,12H,3,7H2,1-2H3. The summed E-state index contributed by atoms with van der Waals surface area (Å²) in [5.74, 6) is 0.584. The maximum Gasteiger partial charge on any atom is 0.213 e. The monoisotopic (exact) mass is 181 g/mol. The number of hydrogen-bond donors (Lipinski definition) is 1. The van der Waals surface area contributed by atoms with E-state index in [2.05, 4.69) is 11.9 Å². The summed E-state index contributed by atoms with van der Waals surface area (Å²) in [6.45, 7) is 4.08. The molecule has 1 rings (SSSR count). The molecule has 0 radical (unpaired) electrons. The van der Waals surface area contributed by atoms with Gasteiger partial charge in [0.2, 0.25) is 5.88 Å². The summed E-state index contributed by atoms with van der Waals surface area (Å²) in [6.07, 6.45) is 2.76. The van der Waals surface area contributed by atoms with Crippen LogP contribution in [0.1, 0.15) is 25.8 Å². The SMILES string of the molecule is CCC(C)Oc1cc(CO)ccn1. The number of aliphatic hydroxyl groups is 1. The summed E-state index contributed by atoms with van der Waals surface area (Å²) in [5.41, 5.74) is 0.827. The number of ether oxygens (including phenoxy) is 1. The molecule has 0 aromatic carbocycles. The molecule has 0 saturated heterocycles. The zero-order chi connectivity index (χ0) is 9.68. The lowest BCUT2D eigenvalue weighted by Gasteiger charge is -2.11. The van der Waals surface area contributed by atoms with Gasteiger partial charge in [-0.1, -0.05) is 6.92 Å². The van der Waals surface area contributed by atoms with Crippen LogP contribution in [0.4, 0.5) is 0 Å². The Morgan fingerprint density at radius 1 is 1.62 bits per heavy atom. The molecule has 0 aliphatic rings. The Hall–Kier alpha value is -1.09. The predicted octanol–water partition coefficient (Wildman–Crippen LogP) is 1.75. The number of aliphatic hydroxyl groups excluding tert-OH is 1. The van der Waals surface area contributed by atoms with Crippen molar-refractivity contribution in [2.75, 3.05) is 0 Å². The first kappa shape index (κ1) is 9.99. The van der Waals surface area contributed by atoms with Crippen LogP contribution in [-0.4, -0.2) is 16.2 Å². The van der Waals surface area contributed by atoms with Crippen molar-refractivity contribution in [2.24, 2.45) is 0 Å². The van der Waals surface area contributed by atoms with E-state index in [4.69, 9.17) is 9.84 Å². The Morgan fingerprint density at radius 2 is 2.38 bits per heavy atom. The molecule has 1 aromatic rings. The molecular weight excluding hydrogens is 166 g/mol. The van der Waals surface area contributed by atoms with Gasteiger partial charge in [0.15, 0.2) is 0 Å². The summed E-state index contributed by atoms with van der Waals surface area (Å²) in [6, 6.07) is 3.52. The second-order valence-corrected chi connectivity index (χ2v) is 3.00. The highest BCUT2D eigenvalue weighted by atomic mass is 16.5. The fraction of sp³-hybridized carbons (Fsp3) is 0.500. The van der Waals surface area contributed by atoms with Gasteiger partial charge in [0, 0.05) is 12.3 Å². The second kappa shape index (κ2) is 4.82. The van der Waals surface area contributed by atoms with E-state index in [0.29, 0.717) is 5.88 Å². The van der Waals surface area contributed by atoms with Crippen LogP contribution in [0.15, 0.2) is 18.3 Å². The lowest BCUT2D eigenvalue weighted by molar-refractivity contribution is 0.207. The minimum Gasteiger partial charge on any atom is -0.475 e. The number of aromatic nitrogens is 1. The average Bonchev–Trinajstić information content (AvgIpc) is 2.18. The van der Waals surface area contributed by atoms with Crippen LogP contribution < -0.4 is 4.74 Å². The molecule has 3 heteroatoms. The third-order valence-electron chi connectivity index (χ3n) is 1.88. The zero-order valence-electron chi connectivity index (χ0n) is 8.03. The minimum absolute atomic E-state index is 0.0272. The first-order valence-electron chi connectivity index (χ1n) is 4.48. The first-order valence-corrected chi connectivity index (χ1v) is 4.48. The van der Waals surface area contributed by atoms with Gasteiger partial charge in [-0.05, 0) is 25.0 Å². The van der Waals surface area contributed by atoms with Crippen LogP contribution in [0.5, 0.6) is 5.88 Å². The highest BCUT2D eigenvalue weighted by Gasteiger charge is 2.02. The van der Waals surface area contributed by atoms with E-state index in [0.717, 1.165) is 12.0 Å². The van der Waals surface area contributed by atoms with E-state index < -0.39 is 0 Å². The molecule has 1 atom stereocenters. The van der Waals surface area contributed by atoms with Gasteiger partial charge in [0.1, 0.15) is 0 Å². The number of hydrogen-bond acceptors (Lipinski definition) is 3. The Kier molecular flexibility index (Phi) is 3.71. The molecule has 0 aliphatic heterocycles. The number of nitrogens with zero attached hydrogens (tertiary/aromatic N) is 1. The van der Waals surface area contributed by atoms with Gasteiger partial charge in [-0.2, -0.15) is 0 Å². The Morgan fingerprint density at radius 3 is 3.00 bits per heavy atom. The molecule has 0 aliphatic carbocycles. The van der Waals surface area contributed by atoms with Crippen LogP contribution in [0.25, 0.3) is 0 Å². The van der Waals surface area contributed by atoms with Crippen molar-refractivity contribution in [3.05, 3.63) is 23.9 Å². The van der Waals surface area contributed by atoms with E-state index >= 15 is 0 Å². The molecule has 0 fully saturated rings. The molecule has 3 nitrogen and oxygen atoms in total. The van der Waals surface area contributed by atoms with E-state index in [1.54, 1.807) is 18.3 Å². The van der Waals surface area contributed by atoms with Crippen molar-refractivity contribution in [3.8, 4) is 5.88 Å². The Bertz CT molecular complexity index is 263. The molecule has 0 amide bonds. The Balaban J connectivity index is 2.66. The topological polar surface area (TPSA) is 42.4 Å². The van der Waals surface area contributed by atoms with Crippen LogP contribution >= 0.6 is 0 Å². The summed E-state index contributed by atoms with van der Waals surface area (Å²) < 4.78 is 5.48. The van der Waals surface area contributed by atoms with Crippen molar-refractivity contribution in [1.29, 1.82) is 0 Å². The number of pyridine rings is 1. The molecule has 0 saturated carbocycles. The molecule has 0 bridgehead atoms. The van der Waals surface area contributed by atoms with Gasteiger partial charge in [0.25, 0.3) is 0 Å². The fourth-order valence-corrected chi connectivity index (χ4v) is 0.903. The fourth-order valence-electron chi connectivity index (χ4n) is 0.903. The van der Waals surface area contributed by atoms with Gasteiger partial charge in [-0.3, -0.25) is 0 Å². The summed E-state index contributed by atoms with van der Waals surface area (Å²) in [4.78, 5) is 4.04. The Labute approximate surface area is 78.4 Å². The lowest BCUT2D eigenvalue weighted by atomic mass is 10.3. The van der Waals surface area contributed by atoms with E-state index in [9.17, 15) is 0 Å². The lowest BCUT2D eigenvalue weighted by Crippen LogP contribution is -2.10. The van der Waals surface area contributed by atoms with Crippen molar-refractivity contribution in [1.82, 2.24) is 4.98 Å². The average molecular weight is 181 g/mol. The minimum atomic E-state index is 0.0272. The van der Waals surface area contributed by atoms with Crippen molar-refractivity contribution < 1.29 is 9.84 Å². The van der Waals surface area contributed by atoms with E-state index in [1.165, 1.54) is 0 Å². The van der Waals surface area contributed by atoms with Crippen LogP contribution in [0.2, 0.25) is 0 Å². The molecular formula is C10H15NO2. The third kappa shape index (κ3) is 3.03. The van der Waals surface area contributed by atoms with Gasteiger partial charge in [-0.15, -0.1) is 0 Å². The summed E-state index contributed by atoms with van der Waals surface area (Å²) >= 11 is 0. The summed E-state index contributed by atoms with van der Waals surface area (Å²) in [7, 11) is 0. The van der Waals surface area contributed by atoms with Gasteiger partial charge in [-0.25, -0.2) is 4.98 Å². The molecule has 1 heterocycles. The molecule has 1 unspecified atom stereocenters. The zero-order valence-corrected chi connectivity index (χ0v) is 8.03. The quantitative estimate of drug-likeness (QED) is 0.769. The molecule has 1 aromatic heterocycles. The molecule has 1 N–H and O–H groups in total. The van der Waals surface area contributed by atoms with Crippen molar-refractivity contribution in [2.45, 2.75) is 33.0 Å². The van der Waals surface area contributed by atoms with Gasteiger partial charge in [0.05, 0.1) is 12.7 Å². The first-order chi connectivity index (χ1) is 6.26. The van der Waals surface area contributed by atoms with E-state index in [1.807, 2.05) is 6.92 Å². The predicted molar refractivity (Wildman–Crippen MR) is 50.5 cm³/mol. The number of rotatable bonds is 4. The maximum atomic E-state index is 8.87. The van der Waals surface area contributed by atoms with Crippen LogP contribution in [-0.2, 0) is 6.61 Å². The second-order valence-electron chi connectivity index (χ2n) is 3.00. The molecule has 13 heavy (non-hydrogen) atoms. The van der Waals surface area contributed by atoms with Crippen LogP contribution in [0.3, 0.4) is 0 Å². The smallest absolute Gasteiger partial charge is 0.213 e. The van der Waals surface area contributed by atoms with Crippen molar-refractivity contribution >= 4 is 0 Å². The highest BCUT2D eigenvalue weighted by molar-refractivity contribution is 5.19. The maximum absolute atomic E-state index is 8.87. The normalized spacial score (nSPS) is 12.5. The van der Waals surface area contributed by atoms with Gasteiger partial charge >= 0.3 is 0 Å². The van der Waals surface area contributed by atoms with E-state index in [-0.39, 0.29) is 12.7 Å². The van der Waals surface area contributed by atoms with Crippen LogP contribution in [0, 0.1) is 0 Å². The molecule has 72 valence electrons. The highest BCUT2D eigenvalue weighted by Crippen LogP contribution is 2.11. The van der Waals surface area contributed by atoms with Crippen molar-refractivity contribution in [3.63, 3.8) is 0 Å². The largest absolute Gasteiger partial charge is 0.475 e. The third-order valence-corrected chi connectivity index (χ3v) is 1.88. The summed E-state index contributed by atoms with van der Waals surface area (Å²) in [5, 5.41) is 8.87.